The lowest BCUT2D eigenvalue weighted by Gasteiger charge is -2.32. The first-order valence-corrected chi connectivity index (χ1v) is 10.2. The molecule has 28 heavy (non-hydrogen) atoms. The summed E-state index contributed by atoms with van der Waals surface area (Å²) in [6, 6.07) is 15.1. The number of hydrogen-bond acceptors (Lipinski definition) is 4. The van der Waals surface area contributed by atoms with E-state index in [0.717, 1.165) is 30.4 Å². The quantitative estimate of drug-likeness (QED) is 0.730. The largest absolute Gasteiger partial charge is 0.494 e. The molecule has 1 aliphatic heterocycles. The van der Waals surface area contributed by atoms with Crippen molar-refractivity contribution in [2.75, 3.05) is 29.9 Å². The van der Waals surface area contributed by atoms with Gasteiger partial charge in [0.2, 0.25) is 0 Å². The van der Waals surface area contributed by atoms with Gasteiger partial charge in [-0.2, -0.15) is 0 Å². The Morgan fingerprint density at radius 3 is 2.36 bits per heavy atom. The Morgan fingerprint density at radius 2 is 1.75 bits per heavy atom. The molecule has 2 aromatic rings. The number of anilines is 2. The number of nitrogens with one attached hydrogen (secondary N) is 2. The summed E-state index contributed by atoms with van der Waals surface area (Å²) in [6.45, 7) is 7.03. The van der Waals surface area contributed by atoms with Crippen molar-refractivity contribution in [3.05, 3.63) is 54.1 Å². The van der Waals surface area contributed by atoms with E-state index in [0.29, 0.717) is 12.2 Å². The molecule has 0 saturated carbocycles. The molecule has 0 spiro atoms. The van der Waals surface area contributed by atoms with Crippen LogP contribution in [-0.4, -0.2) is 30.7 Å². The van der Waals surface area contributed by atoms with Gasteiger partial charge in [0.15, 0.2) is 5.11 Å². The molecule has 0 radical (unpaired) electrons. The average Bonchev–Trinajstić information content (AvgIpc) is 2.70. The van der Waals surface area contributed by atoms with Crippen molar-refractivity contribution in [2.45, 2.75) is 26.7 Å². The molecule has 1 aliphatic rings. The van der Waals surface area contributed by atoms with Gasteiger partial charge in [-0.05, 0) is 86.4 Å². The van der Waals surface area contributed by atoms with E-state index in [4.69, 9.17) is 17.0 Å². The fourth-order valence-corrected chi connectivity index (χ4v) is 3.44. The normalized spacial score (nSPS) is 14.4. The summed E-state index contributed by atoms with van der Waals surface area (Å²) in [5.74, 6) is 1.30. The van der Waals surface area contributed by atoms with Gasteiger partial charge in [-0.25, -0.2) is 0 Å². The highest BCUT2D eigenvalue weighted by molar-refractivity contribution is 7.80. The Bertz CT molecular complexity index is 798. The number of amides is 1. The third-order valence-corrected chi connectivity index (χ3v) is 5.13. The summed E-state index contributed by atoms with van der Waals surface area (Å²) in [5.41, 5.74) is 2.61. The highest BCUT2D eigenvalue weighted by Crippen LogP contribution is 2.24. The number of piperidine rings is 1. The molecule has 3 rings (SSSR count). The van der Waals surface area contributed by atoms with Crippen LogP contribution in [0.4, 0.5) is 11.4 Å². The van der Waals surface area contributed by atoms with Gasteiger partial charge in [-0.1, -0.05) is 6.92 Å². The first-order valence-electron chi connectivity index (χ1n) is 9.75. The third kappa shape index (κ3) is 5.45. The molecule has 1 saturated heterocycles. The van der Waals surface area contributed by atoms with E-state index in [1.54, 1.807) is 24.3 Å². The first-order chi connectivity index (χ1) is 13.5. The minimum atomic E-state index is -0.250. The average molecular weight is 398 g/mol. The molecule has 0 aromatic heterocycles. The lowest BCUT2D eigenvalue weighted by Crippen LogP contribution is -2.34. The van der Waals surface area contributed by atoms with Crippen molar-refractivity contribution in [3.63, 3.8) is 0 Å². The molecule has 0 aliphatic carbocycles. The minimum absolute atomic E-state index is 0.250. The second kappa shape index (κ2) is 9.55. The van der Waals surface area contributed by atoms with E-state index < -0.39 is 0 Å². The standard InChI is InChI=1S/C22H27N3O2S/c1-3-27-20-10-4-17(5-11-20)21(26)24-22(28)23-18-6-8-19(9-7-18)25-14-12-16(2)13-15-25/h4-11,16H,3,12-15H2,1-2H3,(H2,23,24,26,28). The van der Waals surface area contributed by atoms with Crippen LogP contribution in [0.25, 0.3) is 0 Å². The van der Waals surface area contributed by atoms with Crippen LogP contribution in [0.15, 0.2) is 48.5 Å². The Hall–Kier alpha value is -2.60. The zero-order valence-corrected chi connectivity index (χ0v) is 17.2. The second-order valence-corrected chi connectivity index (χ2v) is 7.49. The number of thiocarbonyl (C=S) groups is 1. The van der Waals surface area contributed by atoms with E-state index in [2.05, 4.69) is 34.6 Å². The molecule has 148 valence electrons. The SMILES string of the molecule is CCOc1ccc(C(=O)NC(=S)Nc2ccc(N3CCC(C)CC3)cc2)cc1. The fraction of sp³-hybridized carbons (Fsp3) is 0.364. The van der Waals surface area contributed by atoms with E-state index in [9.17, 15) is 4.79 Å². The lowest BCUT2D eigenvalue weighted by molar-refractivity contribution is 0.0977. The monoisotopic (exact) mass is 397 g/mol. The Balaban J connectivity index is 1.52. The van der Waals surface area contributed by atoms with Crippen molar-refractivity contribution >= 4 is 34.6 Å². The summed E-state index contributed by atoms with van der Waals surface area (Å²) in [5, 5.41) is 6.05. The lowest BCUT2D eigenvalue weighted by atomic mass is 9.99. The van der Waals surface area contributed by atoms with Crippen LogP contribution in [0, 0.1) is 5.92 Å². The molecule has 2 aromatic carbocycles. The van der Waals surface area contributed by atoms with Crippen LogP contribution in [0.2, 0.25) is 0 Å². The summed E-state index contributed by atoms with van der Waals surface area (Å²) in [6.07, 6.45) is 2.48. The van der Waals surface area contributed by atoms with Crippen molar-refractivity contribution < 1.29 is 9.53 Å². The number of nitrogens with zero attached hydrogens (tertiary/aromatic N) is 1. The number of hydrogen-bond donors (Lipinski definition) is 2. The summed E-state index contributed by atoms with van der Waals surface area (Å²) in [4.78, 5) is 14.7. The van der Waals surface area contributed by atoms with Crippen molar-refractivity contribution in [1.29, 1.82) is 0 Å². The van der Waals surface area contributed by atoms with Gasteiger partial charge in [-0.15, -0.1) is 0 Å². The van der Waals surface area contributed by atoms with Gasteiger partial charge in [0.25, 0.3) is 5.91 Å². The number of rotatable bonds is 5. The first kappa shape index (κ1) is 20.1. The number of ether oxygens (including phenoxy) is 1. The van der Waals surface area contributed by atoms with Gasteiger partial charge in [0, 0.05) is 30.0 Å². The zero-order valence-electron chi connectivity index (χ0n) is 16.4. The Labute approximate surface area is 172 Å². The smallest absolute Gasteiger partial charge is 0.257 e. The molecule has 2 N–H and O–H groups in total. The topological polar surface area (TPSA) is 53.6 Å². The summed E-state index contributed by atoms with van der Waals surface area (Å²) in [7, 11) is 0. The van der Waals surface area contributed by atoms with E-state index in [1.807, 2.05) is 19.1 Å². The maximum absolute atomic E-state index is 12.3. The predicted octanol–water partition coefficient (Wildman–Crippen LogP) is 4.45. The van der Waals surface area contributed by atoms with Gasteiger partial charge < -0.3 is 15.0 Å². The van der Waals surface area contributed by atoms with Crippen molar-refractivity contribution in [3.8, 4) is 5.75 Å². The molecular formula is C22H27N3O2S. The highest BCUT2D eigenvalue weighted by atomic mass is 32.1. The van der Waals surface area contributed by atoms with E-state index in [-0.39, 0.29) is 11.0 Å². The Morgan fingerprint density at radius 1 is 1.11 bits per heavy atom. The fourth-order valence-electron chi connectivity index (χ4n) is 3.23. The number of carbonyl (C=O) groups is 1. The van der Waals surface area contributed by atoms with Crippen molar-refractivity contribution in [2.24, 2.45) is 5.92 Å². The highest BCUT2D eigenvalue weighted by Gasteiger charge is 2.16. The zero-order chi connectivity index (χ0) is 19.9. The van der Waals surface area contributed by atoms with Gasteiger partial charge >= 0.3 is 0 Å². The molecule has 5 nitrogen and oxygen atoms in total. The molecule has 1 heterocycles. The predicted molar refractivity (Wildman–Crippen MR) is 118 cm³/mol. The van der Waals surface area contributed by atoms with Crippen LogP contribution in [0.5, 0.6) is 5.75 Å². The summed E-state index contributed by atoms with van der Waals surface area (Å²) < 4.78 is 5.39. The van der Waals surface area contributed by atoms with Crippen LogP contribution in [0.1, 0.15) is 37.0 Å². The molecular weight excluding hydrogens is 370 g/mol. The van der Waals surface area contributed by atoms with Gasteiger partial charge in [0.05, 0.1) is 6.61 Å². The Kier molecular flexibility index (Phi) is 6.87. The van der Waals surface area contributed by atoms with Crippen LogP contribution in [0.3, 0.4) is 0 Å². The maximum Gasteiger partial charge on any atom is 0.257 e. The number of carbonyl (C=O) groups excluding carboxylic acids is 1. The van der Waals surface area contributed by atoms with Crippen LogP contribution < -0.4 is 20.3 Å². The molecule has 1 fully saturated rings. The van der Waals surface area contributed by atoms with E-state index >= 15 is 0 Å². The van der Waals surface area contributed by atoms with Gasteiger partial charge in [-0.3, -0.25) is 10.1 Å². The third-order valence-electron chi connectivity index (χ3n) is 4.93. The summed E-state index contributed by atoms with van der Waals surface area (Å²) >= 11 is 5.27. The molecule has 6 heteroatoms. The molecule has 0 unspecified atom stereocenters. The molecule has 0 bridgehead atoms. The molecule has 1 amide bonds. The van der Waals surface area contributed by atoms with Crippen LogP contribution in [-0.2, 0) is 0 Å². The molecule has 0 atom stereocenters. The van der Waals surface area contributed by atoms with Crippen LogP contribution >= 0.6 is 12.2 Å². The minimum Gasteiger partial charge on any atom is -0.494 e. The van der Waals surface area contributed by atoms with E-state index in [1.165, 1.54) is 18.5 Å². The maximum atomic E-state index is 12.3. The number of benzene rings is 2. The van der Waals surface area contributed by atoms with Gasteiger partial charge in [0.1, 0.15) is 5.75 Å². The van der Waals surface area contributed by atoms with Crippen molar-refractivity contribution in [1.82, 2.24) is 5.32 Å². The second-order valence-electron chi connectivity index (χ2n) is 7.08.